The van der Waals surface area contributed by atoms with E-state index in [1.807, 2.05) is 24.1 Å². The van der Waals surface area contributed by atoms with Crippen molar-refractivity contribution in [1.82, 2.24) is 14.8 Å². The van der Waals surface area contributed by atoms with E-state index >= 15 is 0 Å². The third-order valence-electron chi connectivity index (χ3n) is 3.98. The molecule has 2 heterocycles. The van der Waals surface area contributed by atoms with Gasteiger partial charge in [-0.05, 0) is 18.3 Å². The van der Waals surface area contributed by atoms with Crippen molar-refractivity contribution in [2.75, 3.05) is 11.9 Å². The first-order chi connectivity index (χ1) is 9.84. The average molecular weight is 305 g/mol. The molecule has 0 saturated heterocycles. The standard InChI is InChI=1S/C15H23N5S/c1-15(2)5-11(16)13-12(6-15)18-14(21-13)19(3)8-10-7-17-20(4)9-10/h7,9,11H,5-6,8,16H2,1-4H3. The number of fused-ring (bicyclic) bond motifs is 1. The number of aromatic nitrogens is 3. The molecule has 21 heavy (non-hydrogen) atoms. The van der Waals surface area contributed by atoms with Crippen molar-refractivity contribution in [2.24, 2.45) is 18.2 Å². The number of nitrogens with two attached hydrogens (primary N) is 1. The van der Waals surface area contributed by atoms with E-state index in [2.05, 4.69) is 30.9 Å². The van der Waals surface area contributed by atoms with Gasteiger partial charge >= 0.3 is 0 Å². The van der Waals surface area contributed by atoms with Gasteiger partial charge in [0.1, 0.15) is 0 Å². The average Bonchev–Trinajstić information content (AvgIpc) is 2.94. The van der Waals surface area contributed by atoms with E-state index in [0.29, 0.717) is 0 Å². The maximum atomic E-state index is 6.33. The van der Waals surface area contributed by atoms with E-state index in [1.165, 1.54) is 16.1 Å². The van der Waals surface area contributed by atoms with Crippen LogP contribution in [0, 0.1) is 5.41 Å². The summed E-state index contributed by atoms with van der Waals surface area (Å²) < 4.78 is 1.83. The van der Waals surface area contributed by atoms with Crippen LogP contribution in [-0.4, -0.2) is 21.8 Å². The van der Waals surface area contributed by atoms with Crippen molar-refractivity contribution in [2.45, 2.75) is 39.3 Å². The summed E-state index contributed by atoms with van der Waals surface area (Å²) in [5, 5.41) is 5.27. The summed E-state index contributed by atoms with van der Waals surface area (Å²) in [6.07, 6.45) is 6.00. The van der Waals surface area contributed by atoms with Gasteiger partial charge < -0.3 is 10.6 Å². The minimum atomic E-state index is 0.127. The molecule has 1 unspecified atom stereocenters. The lowest BCUT2D eigenvalue weighted by atomic mass is 9.77. The zero-order valence-corrected chi connectivity index (χ0v) is 13.9. The van der Waals surface area contributed by atoms with Crippen LogP contribution < -0.4 is 10.6 Å². The molecular formula is C15H23N5S. The van der Waals surface area contributed by atoms with Crippen LogP contribution in [-0.2, 0) is 20.0 Å². The van der Waals surface area contributed by atoms with Crippen LogP contribution in [0.15, 0.2) is 12.4 Å². The number of hydrogen-bond donors (Lipinski definition) is 1. The first kappa shape index (κ1) is 14.5. The Morgan fingerprint density at radius 1 is 1.52 bits per heavy atom. The molecular weight excluding hydrogens is 282 g/mol. The highest BCUT2D eigenvalue weighted by atomic mass is 32.1. The lowest BCUT2D eigenvalue weighted by Gasteiger charge is -2.32. The quantitative estimate of drug-likeness (QED) is 0.946. The topological polar surface area (TPSA) is 60.0 Å². The molecule has 2 N–H and O–H groups in total. The van der Waals surface area contributed by atoms with Gasteiger partial charge in [0.15, 0.2) is 5.13 Å². The monoisotopic (exact) mass is 305 g/mol. The Bertz CT molecular complexity index is 642. The molecule has 2 aromatic rings. The molecule has 0 spiro atoms. The zero-order valence-electron chi connectivity index (χ0n) is 13.1. The van der Waals surface area contributed by atoms with Crippen molar-refractivity contribution >= 4 is 16.5 Å². The predicted octanol–water partition coefficient (Wildman–Crippen LogP) is 2.49. The third-order valence-corrected chi connectivity index (χ3v) is 5.32. The Labute approximate surface area is 129 Å². The van der Waals surface area contributed by atoms with Crippen LogP contribution in [0.1, 0.15) is 42.4 Å². The maximum Gasteiger partial charge on any atom is 0.185 e. The third kappa shape index (κ3) is 2.96. The van der Waals surface area contributed by atoms with E-state index in [9.17, 15) is 0 Å². The SMILES string of the molecule is CN(Cc1cnn(C)c1)c1nc2c(s1)C(N)CC(C)(C)C2. The Balaban J connectivity index is 1.81. The lowest BCUT2D eigenvalue weighted by molar-refractivity contribution is 0.282. The summed E-state index contributed by atoms with van der Waals surface area (Å²) in [6, 6.07) is 0.127. The van der Waals surface area contributed by atoms with Crippen molar-refractivity contribution in [3.8, 4) is 0 Å². The number of thiazole rings is 1. The molecule has 0 amide bonds. The van der Waals surface area contributed by atoms with Crippen molar-refractivity contribution < 1.29 is 0 Å². The highest BCUT2D eigenvalue weighted by Gasteiger charge is 2.33. The fourth-order valence-corrected chi connectivity index (χ4v) is 4.08. The number of nitrogens with zero attached hydrogens (tertiary/aromatic N) is 4. The molecule has 1 aliphatic rings. The summed E-state index contributed by atoms with van der Waals surface area (Å²) in [5.41, 5.74) is 8.96. The van der Waals surface area contributed by atoms with Crippen LogP contribution in [0.25, 0.3) is 0 Å². The van der Waals surface area contributed by atoms with Gasteiger partial charge in [-0.3, -0.25) is 4.68 Å². The van der Waals surface area contributed by atoms with E-state index in [-0.39, 0.29) is 11.5 Å². The van der Waals surface area contributed by atoms with Gasteiger partial charge in [0, 0.05) is 43.3 Å². The van der Waals surface area contributed by atoms with Crippen LogP contribution in [0.5, 0.6) is 0 Å². The summed E-state index contributed by atoms with van der Waals surface area (Å²) in [7, 11) is 4.01. The van der Waals surface area contributed by atoms with Gasteiger partial charge in [0.05, 0.1) is 11.9 Å². The molecule has 0 aliphatic heterocycles. The van der Waals surface area contributed by atoms with Crippen molar-refractivity contribution in [3.63, 3.8) is 0 Å². The fraction of sp³-hybridized carbons (Fsp3) is 0.600. The van der Waals surface area contributed by atoms with Crippen LogP contribution in [0.2, 0.25) is 0 Å². The highest BCUT2D eigenvalue weighted by Crippen LogP contribution is 2.43. The van der Waals surface area contributed by atoms with Gasteiger partial charge in [-0.2, -0.15) is 5.10 Å². The normalized spacial score (nSPS) is 20.3. The van der Waals surface area contributed by atoms with Gasteiger partial charge in [-0.25, -0.2) is 4.98 Å². The largest absolute Gasteiger partial charge is 0.347 e. The molecule has 6 heteroatoms. The van der Waals surface area contributed by atoms with Gasteiger partial charge in [-0.15, -0.1) is 0 Å². The maximum absolute atomic E-state index is 6.33. The second-order valence-corrected chi connectivity index (χ2v) is 7.85. The first-order valence-electron chi connectivity index (χ1n) is 7.28. The molecule has 114 valence electrons. The van der Waals surface area contributed by atoms with Gasteiger partial charge in [0.25, 0.3) is 0 Å². The second kappa shape index (κ2) is 5.10. The minimum absolute atomic E-state index is 0.127. The molecule has 0 radical (unpaired) electrons. The number of rotatable bonds is 3. The molecule has 2 aromatic heterocycles. The summed E-state index contributed by atoms with van der Waals surface area (Å²) in [6.45, 7) is 5.36. The Morgan fingerprint density at radius 3 is 2.95 bits per heavy atom. The molecule has 3 rings (SSSR count). The summed E-state index contributed by atoms with van der Waals surface area (Å²) in [4.78, 5) is 8.28. The molecule has 1 atom stereocenters. The molecule has 5 nitrogen and oxygen atoms in total. The fourth-order valence-electron chi connectivity index (χ4n) is 3.04. The minimum Gasteiger partial charge on any atom is -0.347 e. The van der Waals surface area contributed by atoms with E-state index in [4.69, 9.17) is 10.7 Å². The van der Waals surface area contributed by atoms with E-state index in [0.717, 1.165) is 24.5 Å². The molecule has 0 fully saturated rings. The van der Waals surface area contributed by atoms with E-state index in [1.54, 1.807) is 11.3 Å². The molecule has 0 bridgehead atoms. The van der Waals surface area contributed by atoms with Crippen molar-refractivity contribution in [3.05, 3.63) is 28.5 Å². The first-order valence-corrected chi connectivity index (χ1v) is 8.09. The van der Waals surface area contributed by atoms with E-state index < -0.39 is 0 Å². The molecule has 0 saturated carbocycles. The smallest absolute Gasteiger partial charge is 0.185 e. The van der Waals surface area contributed by atoms with Crippen LogP contribution in [0.3, 0.4) is 0 Å². The van der Waals surface area contributed by atoms with Crippen LogP contribution >= 0.6 is 11.3 Å². The highest BCUT2D eigenvalue weighted by molar-refractivity contribution is 7.15. The molecule has 1 aliphatic carbocycles. The predicted molar refractivity (Wildman–Crippen MR) is 86.5 cm³/mol. The Hall–Kier alpha value is -1.40. The Kier molecular flexibility index (Phi) is 3.53. The number of anilines is 1. The number of aryl methyl sites for hydroxylation is 1. The van der Waals surface area contributed by atoms with Crippen LogP contribution in [0.4, 0.5) is 5.13 Å². The van der Waals surface area contributed by atoms with Gasteiger partial charge in [-0.1, -0.05) is 25.2 Å². The molecule has 0 aromatic carbocycles. The summed E-state index contributed by atoms with van der Waals surface area (Å²) in [5.74, 6) is 0. The number of hydrogen-bond acceptors (Lipinski definition) is 5. The summed E-state index contributed by atoms with van der Waals surface area (Å²) >= 11 is 1.74. The lowest BCUT2D eigenvalue weighted by Crippen LogP contribution is -2.28. The van der Waals surface area contributed by atoms with Crippen molar-refractivity contribution in [1.29, 1.82) is 0 Å². The Morgan fingerprint density at radius 2 is 2.29 bits per heavy atom. The van der Waals surface area contributed by atoms with Gasteiger partial charge in [0.2, 0.25) is 0 Å². The second-order valence-electron chi connectivity index (χ2n) is 6.84. The zero-order chi connectivity index (χ0) is 15.2.